The first-order valence-corrected chi connectivity index (χ1v) is 10.4. The summed E-state index contributed by atoms with van der Waals surface area (Å²) in [5.41, 5.74) is 1.47. The molecule has 3 aromatic rings. The average molecular weight is 446 g/mol. The van der Waals surface area contributed by atoms with Crippen molar-refractivity contribution in [3.63, 3.8) is 0 Å². The largest absolute Gasteiger partial charge is 0.390 e. The maximum absolute atomic E-state index is 13.5. The number of halogens is 2. The predicted molar refractivity (Wildman–Crippen MR) is 117 cm³/mol. The van der Waals surface area contributed by atoms with Crippen LogP contribution in [0.5, 0.6) is 0 Å². The van der Waals surface area contributed by atoms with Crippen LogP contribution in [0, 0.1) is 5.82 Å². The molecule has 0 saturated carbocycles. The molecule has 1 aromatic heterocycles. The van der Waals surface area contributed by atoms with Crippen LogP contribution >= 0.6 is 11.6 Å². The first-order chi connectivity index (χ1) is 14.6. The highest BCUT2D eigenvalue weighted by Crippen LogP contribution is 2.31. The summed E-state index contributed by atoms with van der Waals surface area (Å²) in [6.45, 7) is 5.46. The second-order valence-electron chi connectivity index (χ2n) is 8.23. The van der Waals surface area contributed by atoms with Gasteiger partial charge in [0.1, 0.15) is 12.1 Å². The second kappa shape index (κ2) is 9.53. The van der Waals surface area contributed by atoms with E-state index in [1.165, 1.54) is 23.1 Å². The van der Waals surface area contributed by atoms with Gasteiger partial charge in [0.25, 0.3) is 5.91 Å². The zero-order chi connectivity index (χ0) is 22.6. The van der Waals surface area contributed by atoms with Crippen molar-refractivity contribution in [1.82, 2.24) is 25.5 Å². The van der Waals surface area contributed by atoms with Crippen molar-refractivity contribution in [2.24, 2.45) is 0 Å². The minimum absolute atomic E-state index is 0.0793. The molecule has 3 rings (SSSR count). The Balaban J connectivity index is 1.87. The summed E-state index contributed by atoms with van der Waals surface area (Å²) < 4.78 is 14.9. The van der Waals surface area contributed by atoms with E-state index in [1.54, 1.807) is 38.1 Å². The van der Waals surface area contributed by atoms with Gasteiger partial charge in [0.2, 0.25) is 0 Å². The molecule has 2 N–H and O–H groups in total. The highest BCUT2D eigenvalue weighted by molar-refractivity contribution is 6.33. The van der Waals surface area contributed by atoms with Crippen molar-refractivity contribution in [3.8, 4) is 16.8 Å². The van der Waals surface area contributed by atoms with Crippen LogP contribution in [0.25, 0.3) is 16.8 Å². The first kappa shape index (κ1) is 22.8. The van der Waals surface area contributed by atoms with Gasteiger partial charge in [-0.3, -0.25) is 4.79 Å². The standard InChI is InChI=1S/C22H25ClFN5O2/c1-14(5-4-8-22(2,3)31)26-21(30)16-9-15(19-7-6-17(24)12-20(19)23)10-18(11-16)29-13-25-27-28-29/h6-7,9-14,31H,4-5,8H2,1-3H3,(H,26,30). The van der Waals surface area contributed by atoms with Gasteiger partial charge in [-0.15, -0.1) is 5.10 Å². The molecule has 0 spiro atoms. The van der Waals surface area contributed by atoms with Gasteiger partial charge in [0, 0.05) is 17.2 Å². The van der Waals surface area contributed by atoms with E-state index in [-0.39, 0.29) is 17.0 Å². The van der Waals surface area contributed by atoms with E-state index >= 15 is 0 Å². The van der Waals surface area contributed by atoms with Gasteiger partial charge in [0.15, 0.2) is 0 Å². The van der Waals surface area contributed by atoms with Gasteiger partial charge in [-0.2, -0.15) is 0 Å². The fraction of sp³-hybridized carbons (Fsp3) is 0.364. The van der Waals surface area contributed by atoms with Gasteiger partial charge in [-0.05, 0) is 92.4 Å². The molecule has 9 heteroatoms. The Labute approximate surface area is 185 Å². The van der Waals surface area contributed by atoms with E-state index in [0.29, 0.717) is 28.8 Å². The van der Waals surface area contributed by atoms with Gasteiger partial charge in [0.05, 0.1) is 16.3 Å². The summed E-state index contributed by atoms with van der Waals surface area (Å²) in [4.78, 5) is 12.9. The lowest BCUT2D eigenvalue weighted by Gasteiger charge is -2.19. The molecule has 0 bridgehead atoms. The molecular formula is C22H25ClFN5O2. The zero-order valence-corrected chi connectivity index (χ0v) is 18.4. The number of tetrazole rings is 1. The van der Waals surface area contributed by atoms with E-state index in [9.17, 15) is 14.3 Å². The maximum Gasteiger partial charge on any atom is 0.251 e. The third-order valence-electron chi connectivity index (χ3n) is 4.84. The highest BCUT2D eigenvalue weighted by atomic mass is 35.5. The topological polar surface area (TPSA) is 92.9 Å². The van der Waals surface area contributed by atoms with Crippen molar-refractivity contribution in [1.29, 1.82) is 0 Å². The fourth-order valence-corrected chi connectivity index (χ4v) is 3.53. The Kier molecular flexibility index (Phi) is 7.02. The molecule has 0 fully saturated rings. The molecule has 7 nitrogen and oxygen atoms in total. The second-order valence-corrected chi connectivity index (χ2v) is 8.63. The quantitative estimate of drug-likeness (QED) is 0.542. The number of nitrogens with zero attached hydrogens (tertiary/aromatic N) is 4. The van der Waals surface area contributed by atoms with Gasteiger partial charge in [-0.25, -0.2) is 9.07 Å². The molecule has 2 aromatic carbocycles. The number of nitrogens with one attached hydrogen (secondary N) is 1. The monoisotopic (exact) mass is 445 g/mol. The maximum atomic E-state index is 13.5. The SMILES string of the molecule is CC(CCCC(C)(C)O)NC(=O)c1cc(-c2ccc(F)cc2Cl)cc(-n2cnnn2)c1. The number of carbonyl (C=O) groups is 1. The third kappa shape index (κ3) is 6.32. The van der Waals surface area contributed by atoms with Crippen LogP contribution in [0.1, 0.15) is 50.4 Å². The molecule has 1 heterocycles. The summed E-state index contributed by atoms with van der Waals surface area (Å²) in [5, 5.41) is 24.2. The zero-order valence-electron chi connectivity index (χ0n) is 17.6. The molecule has 1 unspecified atom stereocenters. The molecular weight excluding hydrogens is 421 g/mol. The van der Waals surface area contributed by atoms with E-state index in [0.717, 1.165) is 12.8 Å². The molecule has 0 aliphatic heterocycles. The number of amides is 1. The minimum atomic E-state index is -0.729. The van der Waals surface area contributed by atoms with Crippen molar-refractivity contribution < 1.29 is 14.3 Å². The van der Waals surface area contributed by atoms with E-state index in [1.807, 2.05) is 6.92 Å². The minimum Gasteiger partial charge on any atom is -0.390 e. The number of carbonyl (C=O) groups excluding carboxylic acids is 1. The Hall–Kier alpha value is -2.84. The Bertz CT molecular complexity index is 1050. The van der Waals surface area contributed by atoms with E-state index in [4.69, 9.17) is 11.6 Å². The lowest BCUT2D eigenvalue weighted by atomic mass is 9.99. The first-order valence-electron chi connectivity index (χ1n) is 9.99. The van der Waals surface area contributed by atoms with Gasteiger partial charge >= 0.3 is 0 Å². The summed E-state index contributed by atoms with van der Waals surface area (Å²) in [7, 11) is 0. The summed E-state index contributed by atoms with van der Waals surface area (Å²) in [6.07, 6.45) is 3.59. The lowest BCUT2D eigenvalue weighted by molar-refractivity contribution is 0.0674. The van der Waals surface area contributed by atoms with E-state index in [2.05, 4.69) is 20.8 Å². The van der Waals surface area contributed by atoms with Crippen molar-refractivity contribution in [2.45, 2.75) is 51.7 Å². The van der Waals surface area contributed by atoms with Crippen LogP contribution in [-0.4, -0.2) is 42.9 Å². The number of aliphatic hydroxyl groups is 1. The van der Waals surface area contributed by atoms with Crippen LogP contribution in [0.3, 0.4) is 0 Å². The average Bonchev–Trinajstić information content (AvgIpc) is 3.21. The molecule has 1 amide bonds. The summed E-state index contributed by atoms with van der Waals surface area (Å²) in [5.74, 6) is -0.701. The van der Waals surface area contributed by atoms with Crippen molar-refractivity contribution >= 4 is 17.5 Å². The molecule has 0 aliphatic rings. The summed E-state index contributed by atoms with van der Waals surface area (Å²) in [6, 6.07) is 9.18. The number of aromatic nitrogens is 4. The molecule has 1 atom stereocenters. The Morgan fingerprint density at radius 2 is 2.06 bits per heavy atom. The number of benzene rings is 2. The predicted octanol–water partition coefficient (Wildman–Crippen LogP) is 4.18. The molecule has 0 aliphatic carbocycles. The van der Waals surface area contributed by atoms with Gasteiger partial charge in [-0.1, -0.05) is 11.6 Å². The molecule has 0 radical (unpaired) electrons. The van der Waals surface area contributed by atoms with Crippen molar-refractivity contribution in [3.05, 3.63) is 59.1 Å². The van der Waals surface area contributed by atoms with Crippen LogP contribution in [-0.2, 0) is 0 Å². The van der Waals surface area contributed by atoms with Crippen LogP contribution in [0.2, 0.25) is 5.02 Å². The number of hydrogen-bond donors (Lipinski definition) is 2. The van der Waals surface area contributed by atoms with Crippen LogP contribution in [0.4, 0.5) is 4.39 Å². The normalized spacial score (nSPS) is 12.6. The van der Waals surface area contributed by atoms with Crippen LogP contribution in [0.15, 0.2) is 42.7 Å². The molecule has 0 saturated heterocycles. The van der Waals surface area contributed by atoms with Crippen LogP contribution < -0.4 is 5.32 Å². The van der Waals surface area contributed by atoms with E-state index < -0.39 is 11.4 Å². The third-order valence-corrected chi connectivity index (χ3v) is 5.15. The number of hydrogen-bond acceptors (Lipinski definition) is 5. The summed E-state index contributed by atoms with van der Waals surface area (Å²) >= 11 is 6.24. The Morgan fingerprint density at radius 1 is 1.29 bits per heavy atom. The van der Waals surface area contributed by atoms with Gasteiger partial charge < -0.3 is 10.4 Å². The lowest BCUT2D eigenvalue weighted by Crippen LogP contribution is -2.33. The van der Waals surface area contributed by atoms with Crippen molar-refractivity contribution in [2.75, 3.05) is 0 Å². The molecule has 164 valence electrons. The number of rotatable bonds is 8. The molecule has 31 heavy (non-hydrogen) atoms. The highest BCUT2D eigenvalue weighted by Gasteiger charge is 2.17. The Morgan fingerprint density at radius 3 is 2.71 bits per heavy atom. The fourth-order valence-electron chi connectivity index (χ4n) is 3.25. The smallest absolute Gasteiger partial charge is 0.251 e.